The second-order valence-electron chi connectivity index (χ2n) is 12.6. The third kappa shape index (κ3) is 19.3. The molecular formula is C35H59N7O7. The number of hydrogen-bond acceptors (Lipinski definition) is 9. The molecule has 1 fully saturated rings. The van der Waals surface area contributed by atoms with Crippen LogP contribution in [-0.2, 0) is 25.7 Å². The van der Waals surface area contributed by atoms with Crippen LogP contribution in [0.4, 0.5) is 0 Å². The molecule has 2 rings (SSSR count). The predicted octanol–water partition coefficient (Wildman–Crippen LogP) is 1.31. The van der Waals surface area contributed by atoms with Gasteiger partial charge in [0.25, 0.3) is 5.91 Å². The number of aliphatic carboxylic acids is 2. The molecule has 0 spiro atoms. The predicted molar refractivity (Wildman–Crippen MR) is 188 cm³/mol. The molecule has 1 heterocycles. The topological polar surface area (TPSA) is 175 Å². The van der Waals surface area contributed by atoms with E-state index in [1.165, 1.54) is 0 Å². The lowest BCUT2D eigenvalue weighted by molar-refractivity contribution is -0.140. The smallest absolute Gasteiger partial charge is 0.317 e. The van der Waals surface area contributed by atoms with Gasteiger partial charge in [-0.25, -0.2) is 0 Å². The average molecular weight is 690 g/mol. The molecule has 14 nitrogen and oxygen atoms in total. The fourth-order valence-corrected chi connectivity index (χ4v) is 5.57. The number of carbonyl (C=O) groups is 5. The summed E-state index contributed by atoms with van der Waals surface area (Å²) in [5, 5.41) is 27.6. The molecule has 0 unspecified atom stereocenters. The number of benzene rings is 1. The molecule has 276 valence electrons. The second-order valence-corrected chi connectivity index (χ2v) is 12.6. The number of carbonyl (C=O) groups excluding carboxylic acids is 3. The van der Waals surface area contributed by atoms with Crippen molar-refractivity contribution in [3.63, 3.8) is 0 Å². The van der Waals surface area contributed by atoms with E-state index >= 15 is 0 Å². The SMILES string of the molecule is CCCCCNC(=O)CCCCCNC(=O)c1ccc(CNC(=O)CN2CCN(CC)CCN(CC(=O)O)CCN(CC(=O)O)CC2)cc1. The summed E-state index contributed by atoms with van der Waals surface area (Å²) in [6.45, 7) is 10.8. The Kier molecular flexibility index (Phi) is 20.8. The van der Waals surface area contributed by atoms with Gasteiger partial charge in [0, 0.05) is 84.0 Å². The first-order valence-corrected chi connectivity index (χ1v) is 17.8. The lowest BCUT2D eigenvalue weighted by Gasteiger charge is -2.33. The lowest BCUT2D eigenvalue weighted by atomic mass is 10.1. The second kappa shape index (κ2) is 24.5. The Labute approximate surface area is 291 Å². The maximum atomic E-state index is 13.0. The van der Waals surface area contributed by atoms with Gasteiger partial charge in [0.1, 0.15) is 0 Å². The van der Waals surface area contributed by atoms with Crippen molar-refractivity contribution in [2.45, 2.75) is 65.3 Å². The van der Waals surface area contributed by atoms with Gasteiger partial charge in [-0.15, -0.1) is 0 Å². The molecule has 0 aliphatic carbocycles. The van der Waals surface area contributed by atoms with E-state index in [1.54, 1.807) is 17.0 Å². The quantitative estimate of drug-likeness (QED) is 0.125. The fraction of sp³-hybridized carbons (Fsp3) is 0.686. The number of hydrogen-bond donors (Lipinski definition) is 5. The molecule has 5 N–H and O–H groups in total. The minimum absolute atomic E-state index is 0.0896. The number of nitrogens with zero attached hydrogens (tertiary/aromatic N) is 4. The molecule has 1 aliphatic heterocycles. The van der Waals surface area contributed by atoms with Gasteiger partial charge >= 0.3 is 11.9 Å². The summed E-state index contributed by atoms with van der Waals surface area (Å²) in [4.78, 5) is 68.1. The highest BCUT2D eigenvalue weighted by Crippen LogP contribution is 2.06. The summed E-state index contributed by atoms with van der Waals surface area (Å²) in [7, 11) is 0. The van der Waals surface area contributed by atoms with Crippen LogP contribution in [0.3, 0.4) is 0 Å². The van der Waals surface area contributed by atoms with Crippen LogP contribution in [-0.4, -0.2) is 151 Å². The van der Waals surface area contributed by atoms with Gasteiger partial charge < -0.3 is 31.1 Å². The van der Waals surface area contributed by atoms with E-state index in [9.17, 15) is 34.2 Å². The standard InChI is InChI=1S/C35H59N7O7/c1-3-5-8-15-36-31(43)10-7-6-9-16-37-35(49)30-13-11-29(12-14-30)25-38-32(44)26-40-19-17-39(4-2)18-20-41(27-33(45)46)23-24-42(22-21-40)28-34(47)48/h11-14H,3-10,15-28H2,1-2H3,(H,36,43)(H,37,49)(H,38,44)(H,45,46)(H,47,48). The molecule has 1 aromatic carbocycles. The van der Waals surface area contributed by atoms with Gasteiger partial charge in [0.05, 0.1) is 19.6 Å². The molecule has 0 bridgehead atoms. The summed E-state index contributed by atoms with van der Waals surface area (Å²) < 4.78 is 0. The van der Waals surface area contributed by atoms with Crippen molar-refractivity contribution in [1.82, 2.24) is 35.6 Å². The number of unbranched alkanes of at least 4 members (excludes halogenated alkanes) is 4. The zero-order valence-corrected chi connectivity index (χ0v) is 29.6. The van der Waals surface area contributed by atoms with Crippen LogP contribution >= 0.6 is 0 Å². The maximum Gasteiger partial charge on any atom is 0.317 e. The number of amides is 3. The first-order chi connectivity index (χ1) is 23.6. The summed E-state index contributed by atoms with van der Waals surface area (Å²) in [5.74, 6) is -2.08. The van der Waals surface area contributed by atoms with Crippen molar-refractivity contribution < 1.29 is 34.2 Å². The number of carboxylic acids is 2. The Morgan fingerprint density at radius 1 is 0.592 bits per heavy atom. The maximum absolute atomic E-state index is 13.0. The van der Waals surface area contributed by atoms with E-state index < -0.39 is 11.9 Å². The van der Waals surface area contributed by atoms with Gasteiger partial charge in [-0.2, -0.15) is 0 Å². The Bertz CT molecular complexity index is 1150. The highest BCUT2D eigenvalue weighted by molar-refractivity contribution is 5.94. The normalized spacial score (nSPS) is 15.9. The summed E-state index contributed by atoms with van der Waals surface area (Å²) in [6, 6.07) is 7.12. The van der Waals surface area contributed by atoms with Crippen molar-refractivity contribution in [2.75, 3.05) is 91.6 Å². The van der Waals surface area contributed by atoms with Gasteiger partial charge in [-0.1, -0.05) is 45.2 Å². The van der Waals surface area contributed by atoms with E-state index in [1.807, 2.05) is 21.9 Å². The molecule has 0 aromatic heterocycles. The molecule has 0 saturated carbocycles. The van der Waals surface area contributed by atoms with Crippen molar-refractivity contribution in [2.24, 2.45) is 0 Å². The summed E-state index contributed by atoms with van der Waals surface area (Å²) in [6.07, 6.45) is 6.24. The van der Waals surface area contributed by atoms with Gasteiger partial charge in [-0.05, 0) is 43.5 Å². The Morgan fingerprint density at radius 2 is 1.10 bits per heavy atom. The number of carboxylic acid groups (broad SMARTS) is 2. The van der Waals surface area contributed by atoms with Crippen molar-refractivity contribution >= 4 is 29.7 Å². The van der Waals surface area contributed by atoms with Gasteiger partial charge in [0.15, 0.2) is 0 Å². The highest BCUT2D eigenvalue weighted by Gasteiger charge is 2.20. The van der Waals surface area contributed by atoms with Gasteiger partial charge in [0.2, 0.25) is 11.8 Å². The average Bonchev–Trinajstić information content (AvgIpc) is 3.07. The lowest BCUT2D eigenvalue weighted by Crippen LogP contribution is -2.49. The summed E-state index contributed by atoms with van der Waals surface area (Å²) >= 11 is 0. The Hall–Kier alpha value is -3.59. The van der Waals surface area contributed by atoms with Crippen LogP contribution in [0.25, 0.3) is 0 Å². The van der Waals surface area contributed by atoms with Crippen LogP contribution < -0.4 is 16.0 Å². The monoisotopic (exact) mass is 689 g/mol. The van der Waals surface area contributed by atoms with E-state index in [4.69, 9.17) is 0 Å². The van der Waals surface area contributed by atoms with E-state index in [2.05, 4.69) is 34.7 Å². The Balaban J connectivity index is 1.78. The molecule has 0 atom stereocenters. The molecule has 0 radical (unpaired) electrons. The number of nitrogens with one attached hydrogen (secondary N) is 3. The number of likely N-dealkylation sites (N-methyl/N-ethyl adjacent to an activating group) is 1. The minimum Gasteiger partial charge on any atom is -0.480 e. The highest BCUT2D eigenvalue weighted by atomic mass is 16.4. The molecule has 49 heavy (non-hydrogen) atoms. The minimum atomic E-state index is -0.951. The van der Waals surface area contributed by atoms with E-state index in [0.29, 0.717) is 77.4 Å². The van der Waals surface area contributed by atoms with E-state index in [0.717, 1.165) is 57.2 Å². The molecule has 3 amide bonds. The van der Waals surface area contributed by atoms with Crippen LogP contribution in [0.15, 0.2) is 24.3 Å². The summed E-state index contributed by atoms with van der Waals surface area (Å²) in [5.41, 5.74) is 1.40. The Morgan fingerprint density at radius 3 is 1.63 bits per heavy atom. The third-order valence-electron chi connectivity index (χ3n) is 8.64. The molecule has 1 aromatic rings. The molecule has 1 aliphatic rings. The van der Waals surface area contributed by atoms with Gasteiger partial charge in [-0.3, -0.25) is 38.7 Å². The first-order valence-electron chi connectivity index (χ1n) is 17.8. The van der Waals surface area contributed by atoms with Crippen LogP contribution in [0, 0.1) is 0 Å². The fourth-order valence-electron chi connectivity index (χ4n) is 5.57. The van der Waals surface area contributed by atoms with Crippen molar-refractivity contribution in [3.05, 3.63) is 35.4 Å². The molecule has 1 saturated heterocycles. The van der Waals surface area contributed by atoms with Crippen LogP contribution in [0.5, 0.6) is 0 Å². The first kappa shape index (κ1) is 41.6. The molecular weight excluding hydrogens is 630 g/mol. The zero-order chi connectivity index (χ0) is 35.9. The largest absolute Gasteiger partial charge is 0.480 e. The van der Waals surface area contributed by atoms with Crippen molar-refractivity contribution in [1.29, 1.82) is 0 Å². The van der Waals surface area contributed by atoms with Crippen LogP contribution in [0.2, 0.25) is 0 Å². The zero-order valence-electron chi connectivity index (χ0n) is 29.6. The van der Waals surface area contributed by atoms with Crippen LogP contribution in [0.1, 0.15) is 74.7 Å². The number of rotatable bonds is 20. The van der Waals surface area contributed by atoms with E-state index in [-0.39, 0.29) is 37.4 Å². The van der Waals surface area contributed by atoms with Crippen molar-refractivity contribution in [3.8, 4) is 0 Å². The molecule has 14 heteroatoms. The third-order valence-corrected chi connectivity index (χ3v) is 8.64.